The molecule has 0 aliphatic carbocycles. The van der Waals surface area contributed by atoms with Gasteiger partial charge in [0.05, 0.1) is 13.0 Å². The Kier molecular flexibility index (Phi) is 6.30. The predicted octanol–water partition coefficient (Wildman–Crippen LogP) is 3.33. The standard InChI is InChI=1S/C21H23NO5/c1-2-25-21(24)12-13-22(17-9-10-18-19(14-17)27-15-26-18)20(23)11-8-16-6-4-3-5-7-16/h3-7,9-10,14H,2,8,11-13,15H2,1H3. The molecular weight excluding hydrogens is 346 g/mol. The van der Waals surface area contributed by atoms with Crippen LogP contribution < -0.4 is 14.4 Å². The molecule has 0 N–H and O–H groups in total. The topological polar surface area (TPSA) is 65.1 Å². The summed E-state index contributed by atoms with van der Waals surface area (Å²) in [7, 11) is 0. The maximum atomic E-state index is 12.9. The number of carbonyl (C=O) groups is 2. The van der Waals surface area contributed by atoms with Gasteiger partial charge in [0.2, 0.25) is 12.7 Å². The first-order valence-corrected chi connectivity index (χ1v) is 9.07. The maximum Gasteiger partial charge on any atom is 0.307 e. The Morgan fingerprint density at radius 2 is 1.81 bits per heavy atom. The minimum absolute atomic E-state index is 0.0537. The summed E-state index contributed by atoms with van der Waals surface area (Å²) in [6, 6.07) is 15.2. The van der Waals surface area contributed by atoms with Crippen LogP contribution >= 0.6 is 0 Å². The second-order valence-electron chi connectivity index (χ2n) is 6.12. The lowest BCUT2D eigenvalue weighted by atomic mass is 10.1. The second-order valence-corrected chi connectivity index (χ2v) is 6.12. The summed E-state index contributed by atoms with van der Waals surface area (Å²) in [5.41, 5.74) is 1.78. The molecule has 0 atom stereocenters. The smallest absolute Gasteiger partial charge is 0.307 e. The third-order valence-corrected chi connectivity index (χ3v) is 4.28. The molecule has 1 heterocycles. The molecule has 142 valence electrons. The molecule has 2 aromatic rings. The van der Waals surface area contributed by atoms with Gasteiger partial charge < -0.3 is 19.1 Å². The molecule has 0 unspecified atom stereocenters. The fourth-order valence-electron chi connectivity index (χ4n) is 2.92. The highest BCUT2D eigenvalue weighted by molar-refractivity contribution is 5.94. The van der Waals surface area contributed by atoms with E-state index in [4.69, 9.17) is 14.2 Å². The molecule has 0 aromatic heterocycles. The molecule has 1 amide bonds. The van der Waals surface area contributed by atoms with E-state index in [1.165, 1.54) is 0 Å². The molecule has 0 spiro atoms. The maximum absolute atomic E-state index is 12.9. The van der Waals surface area contributed by atoms with Gasteiger partial charge in [-0.2, -0.15) is 0 Å². The van der Waals surface area contributed by atoms with Gasteiger partial charge in [0.15, 0.2) is 11.5 Å². The summed E-state index contributed by atoms with van der Waals surface area (Å²) < 4.78 is 15.7. The number of amides is 1. The summed E-state index contributed by atoms with van der Waals surface area (Å²) in [5, 5.41) is 0. The Labute approximate surface area is 158 Å². The fraction of sp³-hybridized carbons (Fsp3) is 0.333. The number of nitrogens with zero attached hydrogens (tertiary/aromatic N) is 1. The van der Waals surface area contributed by atoms with E-state index in [0.717, 1.165) is 5.56 Å². The van der Waals surface area contributed by atoms with E-state index >= 15 is 0 Å². The second kappa shape index (κ2) is 9.07. The average molecular weight is 369 g/mol. The molecule has 0 saturated carbocycles. The Balaban J connectivity index is 1.72. The van der Waals surface area contributed by atoms with Crippen LogP contribution in [0.4, 0.5) is 5.69 Å². The fourth-order valence-corrected chi connectivity index (χ4v) is 2.92. The van der Waals surface area contributed by atoms with Crippen molar-refractivity contribution in [1.29, 1.82) is 0 Å². The molecule has 0 radical (unpaired) electrons. The summed E-state index contributed by atoms with van der Waals surface area (Å²) in [4.78, 5) is 26.3. The number of hydrogen-bond acceptors (Lipinski definition) is 5. The lowest BCUT2D eigenvalue weighted by molar-refractivity contribution is -0.142. The highest BCUT2D eigenvalue weighted by atomic mass is 16.7. The summed E-state index contributed by atoms with van der Waals surface area (Å²) in [6.45, 7) is 2.51. The zero-order valence-corrected chi connectivity index (χ0v) is 15.3. The van der Waals surface area contributed by atoms with Gasteiger partial charge in [-0.15, -0.1) is 0 Å². The van der Waals surface area contributed by atoms with Gasteiger partial charge >= 0.3 is 5.97 Å². The van der Waals surface area contributed by atoms with Crippen LogP contribution in [-0.4, -0.2) is 31.8 Å². The Hall–Kier alpha value is -3.02. The highest BCUT2D eigenvalue weighted by Gasteiger charge is 2.21. The number of ether oxygens (including phenoxy) is 3. The molecular formula is C21H23NO5. The highest BCUT2D eigenvalue weighted by Crippen LogP contribution is 2.35. The molecule has 0 bridgehead atoms. The van der Waals surface area contributed by atoms with Gasteiger partial charge in [0, 0.05) is 24.7 Å². The van der Waals surface area contributed by atoms with Crippen molar-refractivity contribution in [1.82, 2.24) is 0 Å². The number of aryl methyl sites for hydroxylation is 1. The van der Waals surface area contributed by atoms with Gasteiger partial charge in [-0.05, 0) is 31.0 Å². The first-order valence-electron chi connectivity index (χ1n) is 9.07. The van der Waals surface area contributed by atoms with Crippen LogP contribution in [0.15, 0.2) is 48.5 Å². The van der Waals surface area contributed by atoms with Crippen molar-refractivity contribution < 1.29 is 23.8 Å². The van der Waals surface area contributed by atoms with E-state index < -0.39 is 0 Å². The van der Waals surface area contributed by atoms with Crippen LogP contribution in [0.1, 0.15) is 25.3 Å². The monoisotopic (exact) mass is 369 g/mol. The number of esters is 1. The Bertz CT molecular complexity index is 790. The number of hydrogen-bond donors (Lipinski definition) is 0. The zero-order chi connectivity index (χ0) is 19.1. The summed E-state index contributed by atoms with van der Waals surface area (Å²) in [5.74, 6) is 0.881. The number of rotatable bonds is 8. The van der Waals surface area contributed by atoms with Crippen LogP contribution in [-0.2, 0) is 20.7 Å². The van der Waals surface area contributed by atoms with Crippen molar-refractivity contribution in [2.75, 3.05) is 24.8 Å². The van der Waals surface area contributed by atoms with Gasteiger partial charge in [0.1, 0.15) is 0 Å². The molecule has 27 heavy (non-hydrogen) atoms. The summed E-state index contributed by atoms with van der Waals surface area (Å²) >= 11 is 0. The zero-order valence-electron chi connectivity index (χ0n) is 15.3. The first-order chi connectivity index (χ1) is 13.2. The summed E-state index contributed by atoms with van der Waals surface area (Å²) in [6.07, 6.45) is 1.13. The van der Waals surface area contributed by atoms with Crippen molar-refractivity contribution in [3.05, 3.63) is 54.1 Å². The minimum atomic E-state index is -0.320. The molecule has 1 aliphatic heterocycles. The number of benzene rings is 2. The average Bonchev–Trinajstić information content (AvgIpc) is 3.15. The van der Waals surface area contributed by atoms with Crippen molar-refractivity contribution in [2.45, 2.75) is 26.2 Å². The SMILES string of the molecule is CCOC(=O)CCN(C(=O)CCc1ccccc1)c1ccc2c(c1)OCO2. The molecule has 3 rings (SSSR count). The molecule has 0 fully saturated rings. The molecule has 1 aliphatic rings. The number of carbonyl (C=O) groups excluding carboxylic acids is 2. The lowest BCUT2D eigenvalue weighted by Crippen LogP contribution is -2.33. The third-order valence-electron chi connectivity index (χ3n) is 4.28. The molecule has 2 aromatic carbocycles. The first kappa shape index (κ1) is 18.8. The van der Waals surface area contributed by atoms with E-state index in [2.05, 4.69) is 0 Å². The van der Waals surface area contributed by atoms with E-state index in [1.807, 2.05) is 30.3 Å². The van der Waals surface area contributed by atoms with Crippen molar-refractivity contribution in [2.24, 2.45) is 0 Å². The largest absolute Gasteiger partial charge is 0.466 e. The Morgan fingerprint density at radius 1 is 1.04 bits per heavy atom. The van der Waals surface area contributed by atoms with Gasteiger partial charge in [0.25, 0.3) is 0 Å². The molecule has 0 saturated heterocycles. The van der Waals surface area contributed by atoms with Gasteiger partial charge in [-0.1, -0.05) is 30.3 Å². The van der Waals surface area contributed by atoms with Crippen molar-refractivity contribution in [3.8, 4) is 11.5 Å². The van der Waals surface area contributed by atoms with Gasteiger partial charge in [-0.3, -0.25) is 9.59 Å². The lowest BCUT2D eigenvalue weighted by Gasteiger charge is -2.23. The third kappa shape index (κ3) is 5.00. The van der Waals surface area contributed by atoms with Crippen LogP contribution in [0.2, 0.25) is 0 Å². The van der Waals surface area contributed by atoms with Crippen LogP contribution in [0.5, 0.6) is 11.5 Å². The van der Waals surface area contributed by atoms with Gasteiger partial charge in [-0.25, -0.2) is 0 Å². The van der Waals surface area contributed by atoms with Crippen molar-refractivity contribution in [3.63, 3.8) is 0 Å². The van der Waals surface area contributed by atoms with Crippen LogP contribution in [0.25, 0.3) is 0 Å². The van der Waals surface area contributed by atoms with E-state index in [1.54, 1.807) is 30.0 Å². The number of anilines is 1. The molecule has 6 nitrogen and oxygen atoms in total. The van der Waals surface area contributed by atoms with Crippen LogP contribution in [0.3, 0.4) is 0 Å². The van der Waals surface area contributed by atoms with Crippen molar-refractivity contribution >= 4 is 17.6 Å². The van der Waals surface area contributed by atoms with E-state index in [0.29, 0.717) is 36.6 Å². The Morgan fingerprint density at radius 3 is 2.59 bits per heavy atom. The number of fused-ring (bicyclic) bond motifs is 1. The van der Waals surface area contributed by atoms with Crippen LogP contribution in [0, 0.1) is 0 Å². The van der Waals surface area contributed by atoms with E-state index in [-0.39, 0.29) is 31.6 Å². The minimum Gasteiger partial charge on any atom is -0.466 e. The predicted molar refractivity (Wildman–Crippen MR) is 101 cm³/mol. The normalized spacial score (nSPS) is 11.9. The van der Waals surface area contributed by atoms with E-state index in [9.17, 15) is 9.59 Å². The quantitative estimate of drug-likeness (QED) is 0.668. The molecule has 6 heteroatoms.